The Balaban J connectivity index is 2.73. The van der Waals surface area contributed by atoms with Gasteiger partial charge in [0.25, 0.3) is 0 Å². The van der Waals surface area contributed by atoms with Gasteiger partial charge in [-0.05, 0) is 18.6 Å². The van der Waals surface area contributed by atoms with Gasteiger partial charge in [0.2, 0.25) is 0 Å². The molecule has 0 spiro atoms. The van der Waals surface area contributed by atoms with E-state index in [2.05, 4.69) is 4.98 Å². The van der Waals surface area contributed by atoms with E-state index in [0.29, 0.717) is 10.7 Å². The topological polar surface area (TPSA) is 33.1 Å². The van der Waals surface area contributed by atoms with Crippen LogP contribution in [0.25, 0.3) is 0 Å². The summed E-state index contributed by atoms with van der Waals surface area (Å²) in [7, 11) is 0. The van der Waals surface area contributed by atoms with Gasteiger partial charge in [-0.3, -0.25) is 4.98 Å². The van der Waals surface area contributed by atoms with Crippen molar-refractivity contribution in [3.8, 4) is 0 Å². The molecule has 0 aliphatic carbocycles. The predicted molar refractivity (Wildman–Crippen MR) is 49.1 cm³/mol. The van der Waals surface area contributed by atoms with Gasteiger partial charge in [0.1, 0.15) is 0 Å². The molecule has 2 nitrogen and oxygen atoms in total. The summed E-state index contributed by atoms with van der Waals surface area (Å²) in [5, 5.41) is 10.1. The molecule has 0 saturated heterocycles. The smallest absolute Gasteiger partial charge is 0.0960 e. The summed E-state index contributed by atoms with van der Waals surface area (Å²) in [6, 6.07) is 3.39. The molecule has 1 aromatic heterocycles. The van der Waals surface area contributed by atoms with Crippen LogP contribution in [0.5, 0.6) is 0 Å². The lowest BCUT2D eigenvalue weighted by Crippen LogP contribution is -1.98. The Morgan fingerprint density at radius 3 is 3.00 bits per heavy atom. The van der Waals surface area contributed by atoms with Crippen LogP contribution in [0.4, 0.5) is 0 Å². The molecule has 1 rings (SSSR count). The van der Waals surface area contributed by atoms with Crippen LogP contribution in [0.2, 0.25) is 5.02 Å². The molecule has 1 heterocycles. The molecule has 1 N–H and O–H groups in total. The molecule has 0 aromatic carbocycles. The first-order valence-corrected chi connectivity index (χ1v) is 4.41. The van der Waals surface area contributed by atoms with Crippen LogP contribution in [0, 0.1) is 0 Å². The number of rotatable bonds is 3. The van der Waals surface area contributed by atoms with Crippen molar-refractivity contribution in [2.24, 2.45) is 0 Å². The Bertz CT molecular complexity index is 252. The summed E-state index contributed by atoms with van der Waals surface area (Å²) >= 11 is 5.74. The molecule has 1 aromatic rings. The SMILES string of the molecule is CCCC(O)c1cc(Cl)ccn1. The highest BCUT2D eigenvalue weighted by molar-refractivity contribution is 6.30. The molecule has 0 fully saturated rings. The molecule has 0 radical (unpaired) electrons. The zero-order chi connectivity index (χ0) is 8.97. The Morgan fingerprint density at radius 1 is 1.67 bits per heavy atom. The largest absolute Gasteiger partial charge is 0.387 e. The Hall–Kier alpha value is -0.600. The van der Waals surface area contributed by atoms with Gasteiger partial charge in [0, 0.05) is 11.2 Å². The van der Waals surface area contributed by atoms with E-state index in [4.69, 9.17) is 11.6 Å². The lowest BCUT2D eigenvalue weighted by Gasteiger charge is -2.07. The Morgan fingerprint density at radius 2 is 2.42 bits per heavy atom. The van der Waals surface area contributed by atoms with Crippen LogP contribution in [-0.4, -0.2) is 10.1 Å². The highest BCUT2D eigenvalue weighted by atomic mass is 35.5. The molecule has 12 heavy (non-hydrogen) atoms. The quantitative estimate of drug-likeness (QED) is 0.785. The fourth-order valence-electron chi connectivity index (χ4n) is 1.02. The normalized spacial score (nSPS) is 12.9. The molecular weight excluding hydrogens is 174 g/mol. The second-order valence-electron chi connectivity index (χ2n) is 2.70. The summed E-state index contributed by atoms with van der Waals surface area (Å²) in [6.45, 7) is 2.02. The average molecular weight is 186 g/mol. The number of aliphatic hydroxyl groups is 1. The first kappa shape index (κ1) is 9.49. The number of hydrogen-bond acceptors (Lipinski definition) is 2. The first-order valence-electron chi connectivity index (χ1n) is 4.03. The number of aromatic nitrogens is 1. The molecule has 0 saturated carbocycles. The van der Waals surface area contributed by atoms with Crippen LogP contribution in [0.15, 0.2) is 18.3 Å². The van der Waals surface area contributed by atoms with Gasteiger partial charge in [-0.1, -0.05) is 24.9 Å². The van der Waals surface area contributed by atoms with Crippen molar-refractivity contribution >= 4 is 11.6 Å². The summed E-state index contributed by atoms with van der Waals surface area (Å²) in [5.41, 5.74) is 0.657. The lowest BCUT2D eigenvalue weighted by molar-refractivity contribution is 0.162. The maximum atomic E-state index is 9.52. The van der Waals surface area contributed by atoms with Gasteiger partial charge in [0.05, 0.1) is 11.8 Å². The molecular formula is C9H12ClNO. The van der Waals surface area contributed by atoms with Gasteiger partial charge < -0.3 is 5.11 Å². The summed E-state index contributed by atoms with van der Waals surface area (Å²) in [6.07, 6.45) is 2.80. The molecule has 66 valence electrons. The number of halogens is 1. The molecule has 1 atom stereocenters. The predicted octanol–water partition coefficient (Wildman–Crippen LogP) is 2.57. The maximum Gasteiger partial charge on any atom is 0.0960 e. The minimum atomic E-state index is -0.478. The van der Waals surface area contributed by atoms with Gasteiger partial charge in [0.15, 0.2) is 0 Å². The minimum Gasteiger partial charge on any atom is -0.387 e. The summed E-state index contributed by atoms with van der Waals surface area (Å²) in [4.78, 5) is 4.02. The van der Waals surface area contributed by atoms with Crippen LogP contribution >= 0.6 is 11.6 Å². The van der Waals surface area contributed by atoms with Crippen molar-refractivity contribution in [1.29, 1.82) is 0 Å². The molecule has 0 aliphatic rings. The summed E-state index contributed by atoms with van der Waals surface area (Å²) in [5.74, 6) is 0. The molecule has 0 aliphatic heterocycles. The van der Waals surface area contributed by atoms with Gasteiger partial charge in [-0.25, -0.2) is 0 Å². The third kappa shape index (κ3) is 2.47. The van der Waals surface area contributed by atoms with E-state index in [9.17, 15) is 5.11 Å². The van der Waals surface area contributed by atoms with E-state index in [1.54, 1.807) is 18.3 Å². The van der Waals surface area contributed by atoms with E-state index in [1.807, 2.05) is 6.92 Å². The molecule has 0 amide bonds. The van der Waals surface area contributed by atoms with E-state index >= 15 is 0 Å². The van der Waals surface area contributed by atoms with Gasteiger partial charge in [-0.15, -0.1) is 0 Å². The number of aliphatic hydroxyl groups excluding tert-OH is 1. The van der Waals surface area contributed by atoms with E-state index in [-0.39, 0.29) is 0 Å². The van der Waals surface area contributed by atoms with Crippen LogP contribution in [-0.2, 0) is 0 Å². The van der Waals surface area contributed by atoms with Crippen molar-refractivity contribution in [3.63, 3.8) is 0 Å². The maximum absolute atomic E-state index is 9.52. The highest BCUT2D eigenvalue weighted by Gasteiger charge is 2.07. The monoisotopic (exact) mass is 185 g/mol. The molecule has 0 bridgehead atoms. The van der Waals surface area contributed by atoms with Gasteiger partial charge in [-0.2, -0.15) is 0 Å². The van der Waals surface area contributed by atoms with Crippen LogP contribution < -0.4 is 0 Å². The van der Waals surface area contributed by atoms with Crippen LogP contribution in [0.1, 0.15) is 31.6 Å². The van der Waals surface area contributed by atoms with E-state index < -0.39 is 6.10 Å². The highest BCUT2D eigenvalue weighted by Crippen LogP contribution is 2.18. The van der Waals surface area contributed by atoms with Gasteiger partial charge >= 0.3 is 0 Å². The van der Waals surface area contributed by atoms with E-state index in [0.717, 1.165) is 12.8 Å². The third-order valence-corrected chi connectivity index (χ3v) is 1.88. The zero-order valence-electron chi connectivity index (χ0n) is 7.00. The number of pyridine rings is 1. The second-order valence-corrected chi connectivity index (χ2v) is 3.14. The van der Waals surface area contributed by atoms with Crippen molar-refractivity contribution in [2.45, 2.75) is 25.9 Å². The standard InChI is InChI=1S/C9H12ClNO/c1-2-3-9(12)8-6-7(10)4-5-11-8/h4-6,9,12H,2-3H2,1H3. The van der Waals surface area contributed by atoms with Crippen molar-refractivity contribution in [2.75, 3.05) is 0 Å². The fourth-order valence-corrected chi connectivity index (χ4v) is 1.19. The fraction of sp³-hybridized carbons (Fsp3) is 0.444. The Kier molecular flexibility index (Phi) is 3.50. The van der Waals surface area contributed by atoms with Crippen LogP contribution in [0.3, 0.4) is 0 Å². The average Bonchev–Trinajstić information content (AvgIpc) is 2.05. The first-order chi connectivity index (χ1) is 5.74. The van der Waals surface area contributed by atoms with Crippen molar-refractivity contribution in [1.82, 2.24) is 4.98 Å². The molecule has 1 unspecified atom stereocenters. The number of nitrogens with zero attached hydrogens (tertiary/aromatic N) is 1. The third-order valence-electron chi connectivity index (χ3n) is 1.65. The Labute approximate surface area is 77.2 Å². The minimum absolute atomic E-state index is 0.478. The van der Waals surface area contributed by atoms with Crippen molar-refractivity contribution < 1.29 is 5.11 Å². The lowest BCUT2D eigenvalue weighted by atomic mass is 10.1. The van der Waals surface area contributed by atoms with Crippen molar-refractivity contribution in [3.05, 3.63) is 29.0 Å². The zero-order valence-corrected chi connectivity index (χ0v) is 7.75. The molecule has 3 heteroatoms. The number of hydrogen-bond donors (Lipinski definition) is 1. The second kappa shape index (κ2) is 4.43. The van der Waals surface area contributed by atoms with E-state index in [1.165, 1.54) is 0 Å². The summed E-state index contributed by atoms with van der Waals surface area (Å²) < 4.78 is 0.